The van der Waals surface area contributed by atoms with Gasteiger partial charge in [0.2, 0.25) is 0 Å². The van der Waals surface area contributed by atoms with Gasteiger partial charge in [0.05, 0.1) is 12.2 Å². The van der Waals surface area contributed by atoms with Gasteiger partial charge >= 0.3 is 0 Å². The highest BCUT2D eigenvalue weighted by molar-refractivity contribution is 7.99. The minimum absolute atomic E-state index is 0.625. The van der Waals surface area contributed by atoms with E-state index in [1.807, 2.05) is 30.0 Å². The zero-order valence-electron chi connectivity index (χ0n) is 10.6. The zero-order valence-corrected chi connectivity index (χ0v) is 11.4. The SMILES string of the molecule is N#Cc1ccccc1OCCSC1CCCCC1. The molecular formula is C15H19NOS. The summed E-state index contributed by atoms with van der Waals surface area (Å²) in [5.41, 5.74) is 0.625. The quantitative estimate of drug-likeness (QED) is 0.751. The van der Waals surface area contributed by atoms with Crippen molar-refractivity contribution in [2.45, 2.75) is 37.4 Å². The number of benzene rings is 1. The second kappa shape index (κ2) is 7.33. The Morgan fingerprint density at radius 2 is 2.00 bits per heavy atom. The molecule has 0 saturated heterocycles. The minimum Gasteiger partial charge on any atom is -0.491 e. The number of hydrogen-bond donors (Lipinski definition) is 0. The minimum atomic E-state index is 0.625. The highest BCUT2D eigenvalue weighted by Gasteiger charge is 2.13. The van der Waals surface area contributed by atoms with E-state index in [0.29, 0.717) is 17.9 Å². The third-order valence-electron chi connectivity index (χ3n) is 3.25. The van der Waals surface area contributed by atoms with Crippen LogP contribution in [0.15, 0.2) is 24.3 Å². The lowest BCUT2D eigenvalue weighted by atomic mass is 10.0. The van der Waals surface area contributed by atoms with Crippen LogP contribution >= 0.6 is 11.8 Å². The molecule has 0 heterocycles. The third kappa shape index (κ3) is 3.96. The number of thioether (sulfide) groups is 1. The van der Waals surface area contributed by atoms with E-state index in [1.165, 1.54) is 32.1 Å². The fourth-order valence-electron chi connectivity index (χ4n) is 2.28. The van der Waals surface area contributed by atoms with Gasteiger partial charge < -0.3 is 4.74 Å². The number of nitrogens with zero attached hydrogens (tertiary/aromatic N) is 1. The molecule has 1 saturated carbocycles. The van der Waals surface area contributed by atoms with Crippen molar-refractivity contribution in [3.05, 3.63) is 29.8 Å². The Balaban J connectivity index is 1.70. The summed E-state index contributed by atoms with van der Waals surface area (Å²) in [4.78, 5) is 0. The van der Waals surface area contributed by atoms with Crippen molar-refractivity contribution in [2.24, 2.45) is 0 Å². The van der Waals surface area contributed by atoms with Gasteiger partial charge in [0.1, 0.15) is 11.8 Å². The van der Waals surface area contributed by atoms with Crippen LogP contribution in [0, 0.1) is 11.3 Å². The molecule has 0 atom stereocenters. The first kappa shape index (κ1) is 13.3. The second-order valence-corrected chi connectivity index (χ2v) is 6.00. The fraction of sp³-hybridized carbons (Fsp3) is 0.533. The van der Waals surface area contributed by atoms with E-state index in [4.69, 9.17) is 10.00 Å². The molecule has 0 N–H and O–H groups in total. The number of ether oxygens (including phenoxy) is 1. The summed E-state index contributed by atoms with van der Waals surface area (Å²) < 4.78 is 5.68. The van der Waals surface area contributed by atoms with E-state index in [1.54, 1.807) is 6.07 Å². The van der Waals surface area contributed by atoms with Crippen LogP contribution in [-0.4, -0.2) is 17.6 Å². The summed E-state index contributed by atoms with van der Waals surface area (Å²) in [6.45, 7) is 0.694. The van der Waals surface area contributed by atoms with Gasteiger partial charge in [-0.25, -0.2) is 0 Å². The van der Waals surface area contributed by atoms with Crippen molar-refractivity contribution in [3.63, 3.8) is 0 Å². The molecule has 0 spiro atoms. The largest absolute Gasteiger partial charge is 0.491 e. The molecule has 2 nitrogen and oxygen atoms in total. The normalized spacial score (nSPS) is 16.2. The highest BCUT2D eigenvalue weighted by atomic mass is 32.2. The van der Waals surface area contributed by atoms with E-state index in [2.05, 4.69) is 6.07 Å². The monoisotopic (exact) mass is 261 g/mol. The van der Waals surface area contributed by atoms with Crippen LogP contribution < -0.4 is 4.74 Å². The van der Waals surface area contributed by atoms with Crippen molar-refractivity contribution in [1.29, 1.82) is 5.26 Å². The van der Waals surface area contributed by atoms with E-state index in [0.717, 1.165) is 11.0 Å². The standard InChI is InChI=1S/C15H19NOS/c16-12-13-6-4-5-9-15(13)17-10-11-18-14-7-2-1-3-8-14/h4-6,9,14H,1-3,7-8,10-11H2. The van der Waals surface area contributed by atoms with E-state index in [9.17, 15) is 0 Å². The molecular weight excluding hydrogens is 242 g/mol. The van der Waals surface area contributed by atoms with Gasteiger partial charge in [-0.05, 0) is 25.0 Å². The lowest BCUT2D eigenvalue weighted by Gasteiger charge is -2.20. The summed E-state index contributed by atoms with van der Waals surface area (Å²) >= 11 is 2.02. The van der Waals surface area contributed by atoms with Gasteiger partial charge in [0.15, 0.2) is 0 Å². The number of hydrogen-bond acceptors (Lipinski definition) is 3. The molecule has 0 bridgehead atoms. The topological polar surface area (TPSA) is 33.0 Å². The van der Waals surface area contributed by atoms with Crippen LogP contribution in [-0.2, 0) is 0 Å². The molecule has 2 rings (SSSR count). The Morgan fingerprint density at radius 1 is 1.22 bits per heavy atom. The molecule has 1 fully saturated rings. The van der Waals surface area contributed by atoms with Crippen molar-refractivity contribution >= 4 is 11.8 Å². The maximum atomic E-state index is 8.94. The lowest BCUT2D eigenvalue weighted by Crippen LogP contribution is -2.11. The van der Waals surface area contributed by atoms with E-state index < -0.39 is 0 Å². The van der Waals surface area contributed by atoms with Crippen molar-refractivity contribution in [1.82, 2.24) is 0 Å². The smallest absolute Gasteiger partial charge is 0.137 e. The predicted octanol–water partition coefficient (Wildman–Crippen LogP) is 4.00. The molecule has 0 radical (unpaired) electrons. The molecule has 1 aromatic rings. The Hall–Kier alpha value is -1.14. The van der Waals surface area contributed by atoms with Gasteiger partial charge in [-0.15, -0.1) is 0 Å². The molecule has 0 amide bonds. The molecule has 18 heavy (non-hydrogen) atoms. The van der Waals surface area contributed by atoms with E-state index >= 15 is 0 Å². The Kier molecular flexibility index (Phi) is 5.41. The zero-order chi connectivity index (χ0) is 12.6. The molecule has 0 unspecified atom stereocenters. The van der Waals surface area contributed by atoms with Crippen molar-refractivity contribution in [2.75, 3.05) is 12.4 Å². The Labute approximate surface area is 113 Å². The summed E-state index contributed by atoms with van der Waals surface area (Å²) in [6.07, 6.45) is 6.90. The molecule has 0 aromatic heterocycles. The number of para-hydroxylation sites is 1. The average Bonchev–Trinajstić information content (AvgIpc) is 2.45. The van der Waals surface area contributed by atoms with Gasteiger partial charge in [-0.3, -0.25) is 0 Å². The predicted molar refractivity (Wildman–Crippen MR) is 76.0 cm³/mol. The maximum absolute atomic E-state index is 8.94. The maximum Gasteiger partial charge on any atom is 0.137 e. The van der Waals surface area contributed by atoms with Gasteiger partial charge in [-0.2, -0.15) is 17.0 Å². The first-order valence-electron chi connectivity index (χ1n) is 6.63. The molecule has 1 aromatic carbocycles. The molecule has 1 aliphatic rings. The number of rotatable bonds is 5. The van der Waals surface area contributed by atoms with Crippen molar-refractivity contribution < 1.29 is 4.74 Å². The van der Waals surface area contributed by atoms with Crippen LogP contribution in [0.5, 0.6) is 5.75 Å². The molecule has 0 aliphatic heterocycles. The van der Waals surface area contributed by atoms with Gasteiger partial charge in [0, 0.05) is 11.0 Å². The van der Waals surface area contributed by atoms with Crippen LogP contribution in [0.1, 0.15) is 37.7 Å². The molecule has 96 valence electrons. The van der Waals surface area contributed by atoms with Gasteiger partial charge in [-0.1, -0.05) is 31.4 Å². The Morgan fingerprint density at radius 3 is 2.78 bits per heavy atom. The Bertz CT molecular complexity index is 407. The van der Waals surface area contributed by atoms with Crippen molar-refractivity contribution in [3.8, 4) is 11.8 Å². The average molecular weight is 261 g/mol. The first-order chi connectivity index (χ1) is 8.90. The van der Waals surface area contributed by atoms with Crippen LogP contribution in [0.2, 0.25) is 0 Å². The second-order valence-electron chi connectivity index (χ2n) is 4.59. The molecule has 3 heteroatoms. The fourth-order valence-corrected chi connectivity index (χ4v) is 3.46. The summed E-state index contributed by atoms with van der Waals surface area (Å²) in [5.74, 6) is 1.73. The lowest BCUT2D eigenvalue weighted by molar-refractivity contribution is 0.342. The third-order valence-corrected chi connectivity index (χ3v) is 4.60. The van der Waals surface area contributed by atoms with Crippen LogP contribution in [0.4, 0.5) is 0 Å². The molecule has 1 aliphatic carbocycles. The van der Waals surface area contributed by atoms with Gasteiger partial charge in [0.25, 0.3) is 0 Å². The summed E-state index contributed by atoms with van der Waals surface area (Å²) in [7, 11) is 0. The van der Waals surface area contributed by atoms with E-state index in [-0.39, 0.29) is 0 Å². The highest BCUT2D eigenvalue weighted by Crippen LogP contribution is 2.28. The first-order valence-corrected chi connectivity index (χ1v) is 7.68. The summed E-state index contributed by atoms with van der Waals surface area (Å²) in [5, 5.41) is 9.77. The van der Waals surface area contributed by atoms with Crippen LogP contribution in [0.3, 0.4) is 0 Å². The number of nitriles is 1. The van der Waals surface area contributed by atoms with Crippen LogP contribution in [0.25, 0.3) is 0 Å². The summed E-state index contributed by atoms with van der Waals surface area (Å²) in [6, 6.07) is 9.58.